The van der Waals surface area contributed by atoms with Crippen molar-refractivity contribution in [1.29, 1.82) is 0 Å². The molecule has 0 atom stereocenters. The summed E-state index contributed by atoms with van der Waals surface area (Å²) in [5, 5.41) is 1.90. The molecule has 5 heteroatoms. The summed E-state index contributed by atoms with van der Waals surface area (Å²) >= 11 is 1.46. The molecule has 1 aromatic carbocycles. The molecule has 0 amide bonds. The number of sulfone groups is 1. The molecule has 1 heterocycles. The Labute approximate surface area is 140 Å². The molecule has 5 rings (SSSR count). The predicted octanol–water partition coefficient (Wildman–Crippen LogP) is 4.03. The lowest BCUT2D eigenvalue weighted by Gasteiger charge is -2.69. The summed E-state index contributed by atoms with van der Waals surface area (Å²) in [6, 6.07) is 10.8. The number of ketones is 1. The number of carbonyl (C=O) groups excluding carboxylic acids is 1. The molecular weight excluding hydrogens is 328 g/mol. The highest BCUT2D eigenvalue weighted by atomic mass is 32.2. The Morgan fingerprint density at radius 1 is 1.13 bits per heavy atom. The van der Waals surface area contributed by atoms with E-state index in [1.165, 1.54) is 11.3 Å². The number of carbonyl (C=O) groups is 1. The number of benzene rings is 1. The first-order valence-electron chi connectivity index (χ1n) is 7.74. The van der Waals surface area contributed by atoms with Crippen LogP contribution >= 0.6 is 11.3 Å². The van der Waals surface area contributed by atoms with Crippen LogP contribution in [0, 0.1) is 12.3 Å². The van der Waals surface area contributed by atoms with Crippen molar-refractivity contribution in [1.82, 2.24) is 0 Å². The summed E-state index contributed by atoms with van der Waals surface area (Å²) in [6.45, 7) is 1.95. The minimum Gasteiger partial charge on any atom is -0.293 e. The van der Waals surface area contributed by atoms with Crippen molar-refractivity contribution in [2.24, 2.45) is 5.41 Å². The van der Waals surface area contributed by atoms with Gasteiger partial charge in [0.15, 0.2) is 15.6 Å². The van der Waals surface area contributed by atoms with E-state index in [-0.39, 0.29) is 11.2 Å². The largest absolute Gasteiger partial charge is 0.293 e. The number of Topliss-reactive ketones (excluding diaryl/α,β-unsaturated/α-hetero) is 1. The summed E-state index contributed by atoms with van der Waals surface area (Å²) < 4.78 is 25.1. The van der Waals surface area contributed by atoms with Crippen molar-refractivity contribution in [2.75, 3.05) is 0 Å². The van der Waals surface area contributed by atoms with E-state index < -0.39 is 14.6 Å². The van der Waals surface area contributed by atoms with Crippen LogP contribution in [0.25, 0.3) is 0 Å². The molecule has 0 unspecified atom stereocenters. The Morgan fingerprint density at radius 3 is 2.35 bits per heavy atom. The topological polar surface area (TPSA) is 51.2 Å². The zero-order chi connectivity index (χ0) is 16.3. The maximum absolute atomic E-state index is 12.9. The van der Waals surface area contributed by atoms with E-state index in [1.807, 2.05) is 36.6 Å². The average Bonchev–Trinajstić information content (AvgIpc) is 2.95. The van der Waals surface area contributed by atoms with Gasteiger partial charge in [0.2, 0.25) is 0 Å². The van der Waals surface area contributed by atoms with Gasteiger partial charge in [0.1, 0.15) is 0 Å². The van der Waals surface area contributed by atoms with Gasteiger partial charge in [-0.15, -0.1) is 11.3 Å². The van der Waals surface area contributed by atoms with Crippen LogP contribution in [0.15, 0.2) is 46.7 Å². The zero-order valence-electron chi connectivity index (χ0n) is 12.9. The van der Waals surface area contributed by atoms with Crippen LogP contribution in [-0.4, -0.2) is 18.9 Å². The Hall–Kier alpha value is -1.46. The standard InChI is InChI=1S/C18H18O3S2/c1-13-4-6-14(7-5-13)23(20,21)18-10-17(11-18,12-18)9-15(19)16-3-2-8-22-16/h2-8H,9-12H2,1H3. The lowest BCUT2D eigenvalue weighted by molar-refractivity contribution is -0.0790. The number of rotatable bonds is 5. The van der Waals surface area contributed by atoms with Gasteiger partial charge >= 0.3 is 0 Å². The molecule has 2 aromatic rings. The van der Waals surface area contributed by atoms with Gasteiger partial charge < -0.3 is 0 Å². The second kappa shape index (κ2) is 4.77. The number of aryl methyl sites for hydroxylation is 1. The molecule has 3 aliphatic rings. The van der Waals surface area contributed by atoms with Gasteiger partial charge in [-0.25, -0.2) is 8.42 Å². The van der Waals surface area contributed by atoms with E-state index in [0.717, 1.165) is 10.4 Å². The smallest absolute Gasteiger partial charge is 0.184 e. The molecule has 120 valence electrons. The summed E-state index contributed by atoms with van der Waals surface area (Å²) in [5.41, 5.74) is 0.985. The molecule has 2 bridgehead atoms. The molecule has 3 fully saturated rings. The monoisotopic (exact) mass is 346 g/mol. The minimum atomic E-state index is -3.29. The Morgan fingerprint density at radius 2 is 1.78 bits per heavy atom. The van der Waals surface area contributed by atoms with E-state index in [4.69, 9.17) is 0 Å². The minimum absolute atomic E-state index is 0.0706. The third-order valence-electron chi connectivity index (χ3n) is 5.32. The van der Waals surface area contributed by atoms with Crippen molar-refractivity contribution in [2.45, 2.75) is 42.2 Å². The fraction of sp³-hybridized carbons (Fsp3) is 0.389. The highest BCUT2D eigenvalue weighted by molar-refractivity contribution is 7.93. The summed E-state index contributed by atoms with van der Waals surface area (Å²) in [7, 11) is -3.29. The lowest BCUT2D eigenvalue weighted by Crippen LogP contribution is -2.70. The van der Waals surface area contributed by atoms with Crippen LogP contribution < -0.4 is 0 Å². The lowest BCUT2D eigenvalue weighted by atomic mass is 9.42. The Balaban J connectivity index is 1.49. The third kappa shape index (κ3) is 2.13. The first-order chi connectivity index (χ1) is 10.9. The Bertz CT molecular complexity index is 842. The van der Waals surface area contributed by atoms with Crippen LogP contribution in [0.2, 0.25) is 0 Å². The second-order valence-corrected chi connectivity index (χ2v) is 10.4. The van der Waals surface area contributed by atoms with Crippen molar-refractivity contribution in [3.8, 4) is 0 Å². The molecule has 0 saturated heterocycles. The molecule has 0 radical (unpaired) electrons. The molecule has 3 aliphatic carbocycles. The fourth-order valence-electron chi connectivity index (χ4n) is 4.20. The van der Waals surface area contributed by atoms with Gasteiger partial charge in [-0.2, -0.15) is 0 Å². The number of hydrogen-bond donors (Lipinski definition) is 0. The molecule has 0 aliphatic heterocycles. The van der Waals surface area contributed by atoms with Gasteiger partial charge in [-0.1, -0.05) is 23.8 Å². The Kier molecular flexibility index (Phi) is 3.13. The average molecular weight is 346 g/mol. The second-order valence-electron chi connectivity index (χ2n) is 7.11. The van der Waals surface area contributed by atoms with Crippen LogP contribution in [0.5, 0.6) is 0 Å². The SMILES string of the molecule is Cc1ccc(S(=O)(=O)C23CC(CC(=O)c4cccs4)(C2)C3)cc1. The van der Waals surface area contributed by atoms with E-state index in [0.29, 0.717) is 30.6 Å². The fourth-order valence-corrected chi connectivity index (χ4v) is 7.35. The van der Waals surface area contributed by atoms with Crippen LogP contribution in [-0.2, 0) is 9.84 Å². The van der Waals surface area contributed by atoms with E-state index in [9.17, 15) is 13.2 Å². The molecule has 1 aromatic heterocycles. The van der Waals surface area contributed by atoms with Crippen molar-refractivity contribution < 1.29 is 13.2 Å². The van der Waals surface area contributed by atoms with Crippen LogP contribution in [0.3, 0.4) is 0 Å². The zero-order valence-corrected chi connectivity index (χ0v) is 14.5. The third-order valence-corrected chi connectivity index (χ3v) is 8.70. The highest BCUT2D eigenvalue weighted by Gasteiger charge is 2.74. The van der Waals surface area contributed by atoms with Crippen LogP contribution in [0.4, 0.5) is 0 Å². The van der Waals surface area contributed by atoms with Crippen LogP contribution in [0.1, 0.15) is 40.9 Å². The van der Waals surface area contributed by atoms with E-state index in [2.05, 4.69) is 0 Å². The summed E-state index contributed by atoms with van der Waals surface area (Å²) in [5.74, 6) is 0.154. The molecule has 0 N–H and O–H groups in total. The maximum atomic E-state index is 12.9. The normalized spacial score (nSPS) is 28.7. The molecule has 3 nitrogen and oxygen atoms in total. The first-order valence-corrected chi connectivity index (χ1v) is 10.1. The van der Waals surface area contributed by atoms with E-state index >= 15 is 0 Å². The molecule has 3 saturated carbocycles. The maximum Gasteiger partial charge on any atom is 0.184 e. The van der Waals surface area contributed by atoms with Gasteiger partial charge in [0, 0.05) is 6.42 Å². The molecular formula is C18H18O3S2. The van der Waals surface area contributed by atoms with Crippen molar-refractivity contribution in [3.05, 3.63) is 52.2 Å². The highest BCUT2D eigenvalue weighted by Crippen LogP contribution is 2.73. The van der Waals surface area contributed by atoms with Gasteiger partial charge in [-0.3, -0.25) is 4.79 Å². The number of hydrogen-bond acceptors (Lipinski definition) is 4. The van der Waals surface area contributed by atoms with Crippen molar-refractivity contribution >= 4 is 27.0 Å². The van der Waals surface area contributed by atoms with Gasteiger partial charge in [-0.05, 0) is 55.2 Å². The van der Waals surface area contributed by atoms with Crippen molar-refractivity contribution in [3.63, 3.8) is 0 Å². The quantitative estimate of drug-likeness (QED) is 0.768. The summed E-state index contributed by atoms with van der Waals surface area (Å²) in [4.78, 5) is 13.5. The van der Waals surface area contributed by atoms with Gasteiger partial charge in [0.05, 0.1) is 14.5 Å². The molecule has 23 heavy (non-hydrogen) atoms. The first kappa shape index (κ1) is 15.1. The van der Waals surface area contributed by atoms with E-state index in [1.54, 1.807) is 12.1 Å². The summed E-state index contributed by atoms with van der Waals surface area (Å²) in [6.07, 6.45) is 2.38. The molecule has 0 spiro atoms. The number of thiophene rings is 1. The predicted molar refractivity (Wildman–Crippen MR) is 90.6 cm³/mol. The van der Waals surface area contributed by atoms with Gasteiger partial charge in [0.25, 0.3) is 0 Å².